The summed E-state index contributed by atoms with van der Waals surface area (Å²) in [7, 11) is 0. The maximum absolute atomic E-state index is 14.3. The first-order valence-corrected chi connectivity index (χ1v) is 8.41. The van der Waals surface area contributed by atoms with Gasteiger partial charge in [0, 0.05) is 16.9 Å². The summed E-state index contributed by atoms with van der Waals surface area (Å²) in [5.74, 6) is -0.785. The molecule has 1 N–H and O–H groups in total. The number of imidazole rings is 1. The Morgan fingerprint density at radius 3 is 2.96 bits per heavy atom. The summed E-state index contributed by atoms with van der Waals surface area (Å²) in [4.78, 5) is 16.1. The van der Waals surface area contributed by atoms with Crippen molar-refractivity contribution in [2.24, 2.45) is 5.92 Å². The van der Waals surface area contributed by atoms with Gasteiger partial charge in [-0.05, 0) is 43.5 Å². The molecule has 0 saturated heterocycles. The zero-order valence-corrected chi connectivity index (χ0v) is 14.0. The van der Waals surface area contributed by atoms with Crippen molar-refractivity contribution in [3.05, 3.63) is 42.2 Å². The Bertz CT molecular complexity index is 1160. The van der Waals surface area contributed by atoms with Crippen LogP contribution in [0.1, 0.15) is 18.4 Å². The first-order chi connectivity index (χ1) is 12.6. The smallest absolute Gasteiger partial charge is 0.259 e. The van der Waals surface area contributed by atoms with E-state index in [-0.39, 0.29) is 16.9 Å². The van der Waals surface area contributed by atoms with E-state index in [2.05, 4.69) is 20.3 Å². The van der Waals surface area contributed by atoms with Crippen molar-refractivity contribution < 1.29 is 9.28 Å². The van der Waals surface area contributed by atoms with Crippen LogP contribution in [0.4, 0.5) is 10.3 Å². The van der Waals surface area contributed by atoms with Crippen molar-refractivity contribution in [1.82, 2.24) is 24.8 Å². The first kappa shape index (κ1) is 15.0. The minimum absolute atomic E-state index is 0.0372. The van der Waals surface area contributed by atoms with Crippen molar-refractivity contribution in [3.63, 3.8) is 0 Å². The molecule has 3 heterocycles. The Hall–Kier alpha value is -3.29. The lowest BCUT2D eigenvalue weighted by Gasteiger charge is -2.07. The number of nitrogens with zero attached hydrogens (tertiary/aromatic N) is 5. The van der Waals surface area contributed by atoms with Crippen LogP contribution >= 0.6 is 0 Å². The average Bonchev–Trinajstić information content (AvgIpc) is 3.23. The highest BCUT2D eigenvalue weighted by molar-refractivity contribution is 5.95. The summed E-state index contributed by atoms with van der Waals surface area (Å²) >= 11 is 0. The van der Waals surface area contributed by atoms with Gasteiger partial charge in [-0.15, -0.1) is 5.12 Å². The maximum Gasteiger partial charge on any atom is 0.259 e. The number of hydrogen-bond acceptors (Lipinski definition) is 4. The first-order valence-electron chi connectivity index (χ1n) is 8.41. The van der Waals surface area contributed by atoms with Gasteiger partial charge in [0.15, 0.2) is 11.5 Å². The number of aromatic nitrogens is 5. The monoisotopic (exact) mass is 350 g/mol. The normalized spacial score (nSPS) is 14.2. The number of carbonyl (C=O) groups is 1. The van der Waals surface area contributed by atoms with Crippen molar-refractivity contribution in [2.75, 3.05) is 5.12 Å². The van der Waals surface area contributed by atoms with Gasteiger partial charge in [0.05, 0.1) is 23.6 Å². The summed E-state index contributed by atoms with van der Waals surface area (Å²) < 4.78 is 15.8. The van der Waals surface area contributed by atoms with Gasteiger partial charge in [-0.3, -0.25) is 9.89 Å². The Balaban J connectivity index is 1.60. The van der Waals surface area contributed by atoms with Crippen molar-refractivity contribution in [3.8, 4) is 11.3 Å². The highest BCUT2D eigenvalue weighted by Gasteiger charge is 2.35. The van der Waals surface area contributed by atoms with Crippen LogP contribution in [0.2, 0.25) is 0 Å². The van der Waals surface area contributed by atoms with Crippen LogP contribution in [-0.2, 0) is 4.79 Å². The number of halogens is 1. The Kier molecular flexibility index (Phi) is 3.09. The number of aryl methyl sites for hydroxylation is 1. The molecule has 7 nitrogen and oxygen atoms in total. The number of carbonyl (C=O) groups excluding carboxylic acids is 1. The number of benzene rings is 1. The average molecular weight is 350 g/mol. The second-order valence-corrected chi connectivity index (χ2v) is 6.60. The molecule has 130 valence electrons. The van der Waals surface area contributed by atoms with Gasteiger partial charge in [-0.1, -0.05) is 10.5 Å². The SMILES string of the molecule is Cc1ccc2[nH]ncc2c1-c1ccc2nc(N(F)C(=O)C3CC3)cn2n1. The number of nitrogens with one attached hydrogen (secondary N) is 1. The molecule has 0 atom stereocenters. The molecule has 1 fully saturated rings. The van der Waals surface area contributed by atoms with Crippen LogP contribution in [0.5, 0.6) is 0 Å². The number of rotatable bonds is 3. The van der Waals surface area contributed by atoms with Gasteiger partial charge in [0.1, 0.15) is 0 Å². The van der Waals surface area contributed by atoms with Crippen molar-refractivity contribution >= 4 is 28.3 Å². The second kappa shape index (κ2) is 5.35. The highest BCUT2D eigenvalue weighted by Crippen LogP contribution is 2.33. The zero-order chi connectivity index (χ0) is 17.8. The molecule has 3 aromatic heterocycles. The molecular weight excluding hydrogens is 335 g/mol. The number of amides is 1. The van der Waals surface area contributed by atoms with E-state index in [1.54, 1.807) is 12.3 Å². The molecule has 1 amide bonds. The van der Waals surface area contributed by atoms with E-state index < -0.39 is 5.91 Å². The number of fused-ring (bicyclic) bond motifs is 2. The third kappa shape index (κ3) is 2.26. The fourth-order valence-electron chi connectivity index (χ4n) is 3.17. The minimum atomic E-state index is -0.535. The number of aromatic amines is 1. The minimum Gasteiger partial charge on any atom is -0.278 e. The lowest BCUT2D eigenvalue weighted by atomic mass is 10.0. The molecule has 0 spiro atoms. The molecule has 0 unspecified atom stereocenters. The van der Waals surface area contributed by atoms with Gasteiger partial charge < -0.3 is 0 Å². The molecule has 26 heavy (non-hydrogen) atoms. The standard InChI is InChI=1S/C18H15FN6O/c1-10-2-5-13-12(8-20-22-13)17(10)14-6-7-15-21-16(9-24(15)23-14)25(19)18(26)11-3-4-11/h2,5-9,11H,3-4H2,1H3,(H,20,22). The van der Waals surface area contributed by atoms with Crippen LogP contribution < -0.4 is 5.12 Å². The molecule has 5 rings (SSSR count). The molecule has 0 radical (unpaired) electrons. The van der Waals surface area contributed by atoms with Gasteiger partial charge in [0.25, 0.3) is 5.91 Å². The fourth-order valence-corrected chi connectivity index (χ4v) is 3.17. The Morgan fingerprint density at radius 2 is 2.15 bits per heavy atom. The number of hydrogen-bond donors (Lipinski definition) is 1. The molecule has 1 saturated carbocycles. The van der Waals surface area contributed by atoms with Gasteiger partial charge in [-0.25, -0.2) is 9.50 Å². The quantitative estimate of drug-likeness (QED) is 0.576. The van der Waals surface area contributed by atoms with E-state index in [9.17, 15) is 9.28 Å². The molecule has 0 bridgehead atoms. The molecule has 4 aromatic rings. The molecule has 1 aliphatic rings. The summed E-state index contributed by atoms with van der Waals surface area (Å²) in [6.45, 7) is 2.00. The van der Waals surface area contributed by atoms with Crippen molar-refractivity contribution in [2.45, 2.75) is 19.8 Å². The molecular formula is C18H15FN6O. The summed E-state index contributed by atoms with van der Waals surface area (Å²) in [5.41, 5.74) is 4.14. The predicted molar refractivity (Wildman–Crippen MR) is 94.1 cm³/mol. The molecule has 1 aliphatic carbocycles. The van der Waals surface area contributed by atoms with Gasteiger partial charge in [-0.2, -0.15) is 10.2 Å². The van der Waals surface area contributed by atoms with E-state index in [1.807, 2.05) is 25.1 Å². The van der Waals surface area contributed by atoms with E-state index in [0.717, 1.165) is 40.6 Å². The maximum atomic E-state index is 14.3. The highest BCUT2D eigenvalue weighted by atomic mass is 19.2. The van der Waals surface area contributed by atoms with Crippen molar-refractivity contribution in [1.29, 1.82) is 0 Å². The molecule has 1 aromatic carbocycles. The number of H-pyrrole nitrogens is 1. The summed E-state index contributed by atoms with van der Waals surface area (Å²) in [6.07, 6.45) is 4.68. The topological polar surface area (TPSA) is 79.2 Å². The third-order valence-electron chi connectivity index (χ3n) is 4.72. The lowest BCUT2D eigenvalue weighted by Crippen LogP contribution is -2.23. The van der Waals surface area contributed by atoms with Crippen LogP contribution in [0, 0.1) is 12.8 Å². The molecule has 8 heteroatoms. The van der Waals surface area contributed by atoms with Crippen LogP contribution in [-0.4, -0.2) is 30.7 Å². The Morgan fingerprint density at radius 1 is 1.31 bits per heavy atom. The second-order valence-electron chi connectivity index (χ2n) is 6.60. The predicted octanol–water partition coefficient (Wildman–Crippen LogP) is 3.21. The number of anilines is 1. The largest absolute Gasteiger partial charge is 0.278 e. The van der Waals surface area contributed by atoms with E-state index in [4.69, 9.17) is 0 Å². The van der Waals surface area contributed by atoms with Gasteiger partial charge >= 0.3 is 0 Å². The van der Waals surface area contributed by atoms with Crippen LogP contribution in [0.3, 0.4) is 0 Å². The van der Waals surface area contributed by atoms with E-state index >= 15 is 0 Å². The van der Waals surface area contributed by atoms with Crippen LogP contribution in [0.15, 0.2) is 36.7 Å². The summed E-state index contributed by atoms with van der Waals surface area (Å²) in [5, 5.41) is 12.7. The fraction of sp³-hybridized carbons (Fsp3) is 0.222. The molecule has 0 aliphatic heterocycles. The third-order valence-corrected chi connectivity index (χ3v) is 4.72. The van der Waals surface area contributed by atoms with E-state index in [0.29, 0.717) is 5.65 Å². The van der Waals surface area contributed by atoms with Gasteiger partial charge in [0.2, 0.25) is 0 Å². The zero-order valence-electron chi connectivity index (χ0n) is 14.0. The Labute approximate surface area is 147 Å². The van der Waals surface area contributed by atoms with Crippen LogP contribution in [0.25, 0.3) is 27.8 Å². The van der Waals surface area contributed by atoms with E-state index in [1.165, 1.54) is 10.7 Å². The summed E-state index contributed by atoms with van der Waals surface area (Å²) in [6, 6.07) is 7.57. The lowest BCUT2D eigenvalue weighted by molar-refractivity contribution is -0.122.